The van der Waals surface area contributed by atoms with E-state index >= 15 is 0 Å². The van der Waals surface area contributed by atoms with E-state index in [9.17, 15) is 9.59 Å². The van der Waals surface area contributed by atoms with Crippen molar-refractivity contribution in [1.29, 1.82) is 0 Å². The topological polar surface area (TPSA) is 109 Å². The molecule has 0 bridgehead atoms. The predicted octanol–water partition coefficient (Wildman–Crippen LogP) is 0.286. The highest BCUT2D eigenvalue weighted by Crippen LogP contribution is 2.06. The third-order valence-corrected chi connectivity index (χ3v) is 2.83. The van der Waals surface area contributed by atoms with Gasteiger partial charge in [0.1, 0.15) is 6.33 Å². The number of urea groups is 1. The molecule has 0 saturated carbocycles. The largest absolute Gasteiger partial charge is 0.481 e. The van der Waals surface area contributed by atoms with Crippen LogP contribution in [0.15, 0.2) is 6.33 Å². The van der Waals surface area contributed by atoms with Crippen LogP contribution < -0.4 is 10.6 Å². The molecular formula is C11H19N5O3. The lowest BCUT2D eigenvalue weighted by Gasteiger charge is -2.15. The lowest BCUT2D eigenvalue weighted by Crippen LogP contribution is -2.41. The minimum atomic E-state index is -0.913. The third-order valence-electron chi connectivity index (χ3n) is 2.83. The first-order chi connectivity index (χ1) is 8.95. The van der Waals surface area contributed by atoms with Gasteiger partial charge in [0.25, 0.3) is 0 Å². The van der Waals surface area contributed by atoms with E-state index in [4.69, 9.17) is 5.11 Å². The zero-order valence-electron chi connectivity index (χ0n) is 11.3. The molecule has 0 aliphatic heterocycles. The highest BCUT2D eigenvalue weighted by molar-refractivity contribution is 5.76. The van der Waals surface area contributed by atoms with E-state index in [-0.39, 0.29) is 12.6 Å². The van der Waals surface area contributed by atoms with Gasteiger partial charge >= 0.3 is 12.0 Å². The number of aryl methyl sites for hydroxylation is 1. The maximum Gasteiger partial charge on any atom is 0.315 e. The first-order valence-electron chi connectivity index (χ1n) is 6.06. The average Bonchev–Trinajstić information content (AvgIpc) is 2.75. The highest BCUT2D eigenvalue weighted by Gasteiger charge is 2.18. The minimum absolute atomic E-state index is 0.100. The molecular weight excluding hydrogens is 250 g/mol. The van der Waals surface area contributed by atoms with Crippen LogP contribution in [0.4, 0.5) is 4.79 Å². The number of aliphatic carboxylic acids is 1. The van der Waals surface area contributed by atoms with Crippen molar-refractivity contribution in [3.05, 3.63) is 12.2 Å². The molecule has 1 aromatic heterocycles. The van der Waals surface area contributed by atoms with Crippen LogP contribution in [0.25, 0.3) is 0 Å². The highest BCUT2D eigenvalue weighted by atomic mass is 16.4. The van der Waals surface area contributed by atoms with Gasteiger partial charge in [0.15, 0.2) is 5.82 Å². The van der Waals surface area contributed by atoms with Crippen molar-refractivity contribution in [3.8, 4) is 0 Å². The molecule has 0 fully saturated rings. The quantitative estimate of drug-likeness (QED) is 0.687. The minimum Gasteiger partial charge on any atom is -0.481 e. The fraction of sp³-hybridized carbons (Fsp3) is 0.636. The molecule has 19 heavy (non-hydrogen) atoms. The molecule has 0 radical (unpaired) electrons. The molecule has 106 valence electrons. The van der Waals surface area contributed by atoms with Crippen LogP contribution >= 0.6 is 0 Å². The molecule has 0 aromatic carbocycles. The number of amides is 2. The summed E-state index contributed by atoms with van der Waals surface area (Å²) in [6, 6.07) is -0.729. The van der Waals surface area contributed by atoms with Crippen LogP contribution in [-0.4, -0.2) is 38.4 Å². The van der Waals surface area contributed by atoms with Crippen LogP contribution in [0.5, 0.6) is 0 Å². The first-order valence-corrected chi connectivity index (χ1v) is 6.06. The van der Waals surface area contributed by atoms with E-state index in [0.717, 1.165) is 0 Å². The summed E-state index contributed by atoms with van der Waals surface area (Å²) in [4.78, 5) is 22.4. The molecule has 0 aliphatic rings. The van der Waals surface area contributed by atoms with E-state index in [2.05, 4.69) is 20.8 Å². The Balaban J connectivity index is 2.43. The average molecular weight is 269 g/mol. The third kappa shape index (κ3) is 4.23. The number of carbonyl (C=O) groups is 2. The normalized spacial score (nSPS) is 13.6. The van der Waals surface area contributed by atoms with E-state index in [1.54, 1.807) is 31.8 Å². The summed E-state index contributed by atoms with van der Waals surface area (Å²) in [7, 11) is 1.78. The van der Waals surface area contributed by atoms with Gasteiger partial charge in [0, 0.05) is 13.6 Å². The molecule has 3 N–H and O–H groups in total. The van der Waals surface area contributed by atoms with Crippen molar-refractivity contribution in [1.82, 2.24) is 25.4 Å². The SMILES string of the molecule is CCC(CNC(=O)NC(C)c1nncn1C)C(=O)O. The van der Waals surface area contributed by atoms with Crippen molar-refractivity contribution in [2.45, 2.75) is 26.3 Å². The monoisotopic (exact) mass is 269 g/mol. The van der Waals surface area contributed by atoms with E-state index in [1.807, 2.05) is 0 Å². The number of nitrogens with zero attached hydrogens (tertiary/aromatic N) is 3. The molecule has 0 spiro atoms. The molecule has 1 aromatic rings. The van der Waals surface area contributed by atoms with Crippen LogP contribution in [0.3, 0.4) is 0 Å². The van der Waals surface area contributed by atoms with E-state index in [0.29, 0.717) is 12.2 Å². The summed E-state index contributed by atoms with van der Waals surface area (Å²) < 4.78 is 1.71. The number of nitrogens with one attached hydrogen (secondary N) is 2. The van der Waals surface area contributed by atoms with Gasteiger partial charge in [0.05, 0.1) is 12.0 Å². The summed E-state index contributed by atoms with van der Waals surface area (Å²) in [5.41, 5.74) is 0. The maximum atomic E-state index is 11.6. The van der Waals surface area contributed by atoms with Gasteiger partial charge in [-0.1, -0.05) is 6.92 Å². The van der Waals surface area contributed by atoms with Gasteiger partial charge in [0.2, 0.25) is 0 Å². The second kappa shape index (κ2) is 6.72. The van der Waals surface area contributed by atoms with Crippen molar-refractivity contribution in [2.75, 3.05) is 6.54 Å². The van der Waals surface area contributed by atoms with Crippen LogP contribution in [0.1, 0.15) is 32.1 Å². The van der Waals surface area contributed by atoms with Crippen molar-refractivity contribution < 1.29 is 14.7 Å². The Morgan fingerprint density at radius 2 is 2.21 bits per heavy atom. The summed E-state index contributed by atoms with van der Waals surface area (Å²) in [6.45, 7) is 3.64. The number of aromatic nitrogens is 3. The lowest BCUT2D eigenvalue weighted by atomic mass is 10.1. The van der Waals surface area contributed by atoms with Crippen molar-refractivity contribution in [2.24, 2.45) is 13.0 Å². The van der Waals surface area contributed by atoms with E-state index < -0.39 is 17.9 Å². The number of hydrogen-bond donors (Lipinski definition) is 3. The Hall–Kier alpha value is -2.12. The first kappa shape index (κ1) is 14.9. The Bertz CT molecular complexity index is 445. The van der Waals surface area contributed by atoms with Crippen LogP contribution in [-0.2, 0) is 11.8 Å². The van der Waals surface area contributed by atoms with Gasteiger partial charge in [-0.15, -0.1) is 10.2 Å². The molecule has 0 aliphatic carbocycles. The van der Waals surface area contributed by atoms with E-state index in [1.165, 1.54) is 0 Å². The Kier molecular flexibility index (Phi) is 5.28. The summed E-state index contributed by atoms with van der Waals surface area (Å²) in [5, 5.41) is 21.7. The number of carboxylic acid groups (broad SMARTS) is 1. The van der Waals surface area contributed by atoms with Crippen molar-refractivity contribution >= 4 is 12.0 Å². The molecule has 0 saturated heterocycles. The number of rotatable bonds is 6. The standard InChI is InChI=1S/C11H19N5O3/c1-4-8(10(17)18)5-12-11(19)14-7(2)9-15-13-6-16(9)3/h6-8H,4-5H2,1-3H3,(H,17,18)(H2,12,14,19). The molecule has 1 heterocycles. The maximum absolute atomic E-state index is 11.6. The summed E-state index contributed by atoms with van der Waals surface area (Å²) in [5.74, 6) is -0.861. The number of carboxylic acids is 1. The Labute approximate surface area is 111 Å². The zero-order chi connectivity index (χ0) is 14.4. The zero-order valence-corrected chi connectivity index (χ0v) is 11.3. The predicted molar refractivity (Wildman–Crippen MR) is 67.4 cm³/mol. The number of carbonyl (C=O) groups excluding carboxylic acids is 1. The molecule has 8 nitrogen and oxygen atoms in total. The Morgan fingerprint density at radius 1 is 1.53 bits per heavy atom. The van der Waals surface area contributed by atoms with Gasteiger partial charge in [-0.3, -0.25) is 4.79 Å². The second-order valence-electron chi connectivity index (χ2n) is 4.32. The Morgan fingerprint density at radius 3 is 2.68 bits per heavy atom. The molecule has 2 amide bonds. The fourth-order valence-electron chi connectivity index (χ4n) is 1.62. The second-order valence-corrected chi connectivity index (χ2v) is 4.32. The number of hydrogen-bond acceptors (Lipinski definition) is 4. The van der Waals surface area contributed by atoms with Crippen LogP contribution in [0.2, 0.25) is 0 Å². The molecule has 8 heteroatoms. The summed E-state index contributed by atoms with van der Waals surface area (Å²) >= 11 is 0. The van der Waals surface area contributed by atoms with Gasteiger partial charge < -0.3 is 20.3 Å². The lowest BCUT2D eigenvalue weighted by molar-refractivity contribution is -0.141. The van der Waals surface area contributed by atoms with Crippen molar-refractivity contribution in [3.63, 3.8) is 0 Å². The smallest absolute Gasteiger partial charge is 0.315 e. The summed E-state index contributed by atoms with van der Waals surface area (Å²) in [6.07, 6.45) is 2.01. The van der Waals surface area contributed by atoms with Gasteiger partial charge in [-0.2, -0.15) is 0 Å². The molecule has 2 unspecified atom stereocenters. The fourth-order valence-corrected chi connectivity index (χ4v) is 1.62. The molecule has 2 atom stereocenters. The van der Waals surface area contributed by atoms with Gasteiger partial charge in [-0.25, -0.2) is 4.79 Å². The molecule has 1 rings (SSSR count). The van der Waals surface area contributed by atoms with Gasteiger partial charge in [-0.05, 0) is 13.3 Å². The van der Waals surface area contributed by atoms with Crippen LogP contribution in [0, 0.1) is 5.92 Å².